The van der Waals surface area contributed by atoms with E-state index in [-0.39, 0.29) is 18.3 Å². The van der Waals surface area contributed by atoms with Crippen molar-refractivity contribution in [3.8, 4) is 0 Å². The van der Waals surface area contributed by atoms with Gasteiger partial charge in [0.2, 0.25) is 5.91 Å². The number of esters is 1. The number of nitrogens with one attached hydrogen (secondary N) is 2. The SMILES string of the molecule is O=C(C[C@H]1C(=O)OC[C@H]2CCCC[NH+]21)Nc1cccc(Cl)c1. The molecule has 5 nitrogen and oxygen atoms in total. The van der Waals surface area contributed by atoms with Gasteiger partial charge in [-0.1, -0.05) is 17.7 Å². The van der Waals surface area contributed by atoms with Crippen LogP contribution in [0.15, 0.2) is 24.3 Å². The largest absolute Gasteiger partial charge is 0.455 e. The first kappa shape index (κ1) is 15.3. The van der Waals surface area contributed by atoms with E-state index in [1.165, 1.54) is 11.3 Å². The van der Waals surface area contributed by atoms with Crippen LogP contribution < -0.4 is 10.2 Å². The Bertz CT molecular complexity index is 578. The fraction of sp³-hybridized carbons (Fsp3) is 0.500. The van der Waals surface area contributed by atoms with Gasteiger partial charge in [-0.3, -0.25) is 4.79 Å². The van der Waals surface area contributed by atoms with Gasteiger partial charge >= 0.3 is 5.97 Å². The van der Waals surface area contributed by atoms with Gasteiger partial charge in [-0.2, -0.15) is 0 Å². The molecular weight excluding hydrogens is 304 g/mol. The molecule has 118 valence electrons. The van der Waals surface area contributed by atoms with Crippen LogP contribution in [0, 0.1) is 0 Å². The standard InChI is InChI=1S/C16H19ClN2O3/c17-11-4-3-5-12(8-11)18-15(20)9-14-16(21)22-10-13-6-1-2-7-19(13)14/h3-5,8,13-14H,1-2,6-7,9-10H2,(H,18,20)/p+1/t13-,14+/m1/s1. The molecule has 2 saturated heterocycles. The zero-order chi connectivity index (χ0) is 15.5. The van der Waals surface area contributed by atoms with E-state index in [9.17, 15) is 9.59 Å². The molecule has 1 amide bonds. The summed E-state index contributed by atoms with van der Waals surface area (Å²) in [6, 6.07) is 6.94. The number of amides is 1. The number of rotatable bonds is 3. The van der Waals surface area contributed by atoms with Crippen molar-refractivity contribution in [3.63, 3.8) is 0 Å². The molecule has 0 radical (unpaired) electrons. The number of ether oxygens (including phenoxy) is 1. The number of anilines is 1. The van der Waals surface area contributed by atoms with E-state index >= 15 is 0 Å². The van der Waals surface area contributed by atoms with Gasteiger partial charge in [0.25, 0.3) is 0 Å². The predicted octanol–water partition coefficient (Wildman–Crippen LogP) is 1.03. The molecule has 1 aromatic carbocycles. The summed E-state index contributed by atoms with van der Waals surface area (Å²) in [5, 5.41) is 3.37. The quantitative estimate of drug-likeness (QED) is 0.817. The predicted molar refractivity (Wildman–Crippen MR) is 82.9 cm³/mol. The Morgan fingerprint density at radius 1 is 1.41 bits per heavy atom. The minimum Gasteiger partial charge on any atom is -0.455 e. The summed E-state index contributed by atoms with van der Waals surface area (Å²) in [5.41, 5.74) is 0.645. The van der Waals surface area contributed by atoms with E-state index in [4.69, 9.17) is 16.3 Å². The van der Waals surface area contributed by atoms with Crippen LogP contribution in [0.5, 0.6) is 0 Å². The molecule has 1 aromatic rings. The van der Waals surface area contributed by atoms with Crippen LogP contribution in [0.25, 0.3) is 0 Å². The highest BCUT2D eigenvalue weighted by Gasteiger charge is 2.43. The fourth-order valence-electron chi connectivity index (χ4n) is 3.37. The number of piperidine rings is 1. The molecule has 2 fully saturated rings. The Balaban J connectivity index is 1.65. The van der Waals surface area contributed by atoms with Crippen LogP contribution in [-0.4, -0.2) is 37.1 Å². The summed E-state index contributed by atoms with van der Waals surface area (Å²) in [4.78, 5) is 25.5. The fourth-order valence-corrected chi connectivity index (χ4v) is 3.56. The zero-order valence-corrected chi connectivity index (χ0v) is 13.1. The maximum atomic E-state index is 12.2. The van der Waals surface area contributed by atoms with Crippen molar-refractivity contribution >= 4 is 29.2 Å². The summed E-state index contributed by atoms with van der Waals surface area (Å²) >= 11 is 5.90. The number of fused-ring (bicyclic) bond motifs is 1. The highest BCUT2D eigenvalue weighted by molar-refractivity contribution is 6.30. The van der Waals surface area contributed by atoms with E-state index < -0.39 is 6.04 Å². The Morgan fingerprint density at radius 3 is 3.09 bits per heavy atom. The van der Waals surface area contributed by atoms with E-state index in [2.05, 4.69) is 5.32 Å². The van der Waals surface area contributed by atoms with Crippen molar-refractivity contribution < 1.29 is 19.2 Å². The minimum absolute atomic E-state index is 0.150. The van der Waals surface area contributed by atoms with Crippen LogP contribution in [0.2, 0.25) is 5.02 Å². The smallest absolute Gasteiger partial charge is 0.365 e. The Hall–Kier alpha value is -1.59. The summed E-state index contributed by atoms with van der Waals surface area (Å²) in [5.74, 6) is -0.433. The number of quaternary nitrogens is 1. The number of halogens is 1. The van der Waals surface area contributed by atoms with Gasteiger partial charge in [-0.05, 0) is 31.0 Å². The monoisotopic (exact) mass is 323 g/mol. The molecule has 2 aliphatic rings. The second-order valence-corrected chi connectivity index (χ2v) is 6.40. The van der Waals surface area contributed by atoms with Crippen LogP contribution in [0.3, 0.4) is 0 Å². The molecular formula is C16H20ClN2O3+. The van der Waals surface area contributed by atoms with Crippen LogP contribution in [-0.2, 0) is 14.3 Å². The molecule has 0 spiro atoms. The second kappa shape index (κ2) is 6.67. The first-order valence-corrected chi connectivity index (χ1v) is 8.09. The van der Waals surface area contributed by atoms with Crippen molar-refractivity contribution in [1.82, 2.24) is 0 Å². The van der Waals surface area contributed by atoms with Gasteiger partial charge in [-0.25, -0.2) is 4.79 Å². The molecule has 3 rings (SSSR count). The number of carbonyl (C=O) groups excluding carboxylic acids is 2. The van der Waals surface area contributed by atoms with Crippen molar-refractivity contribution in [1.29, 1.82) is 0 Å². The van der Waals surface area contributed by atoms with Gasteiger partial charge in [0.05, 0.1) is 13.0 Å². The molecule has 2 heterocycles. The summed E-state index contributed by atoms with van der Waals surface area (Å²) in [6.45, 7) is 1.43. The second-order valence-electron chi connectivity index (χ2n) is 5.96. The molecule has 6 heteroatoms. The first-order valence-electron chi connectivity index (χ1n) is 7.71. The van der Waals surface area contributed by atoms with Gasteiger partial charge in [0, 0.05) is 17.1 Å². The van der Waals surface area contributed by atoms with Crippen molar-refractivity contribution in [2.45, 2.75) is 37.8 Å². The Labute approximate surface area is 134 Å². The highest BCUT2D eigenvalue weighted by Crippen LogP contribution is 2.16. The lowest BCUT2D eigenvalue weighted by Gasteiger charge is -2.40. The van der Waals surface area contributed by atoms with Crippen molar-refractivity contribution in [3.05, 3.63) is 29.3 Å². The third-order valence-corrected chi connectivity index (χ3v) is 4.68. The molecule has 1 unspecified atom stereocenters. The van der Waals surface area contributed by atoms with E-state index in [1.54, 1.807) is 24.3 Å². The van der Waals surface area contributed by atoms with Crippen LogP contribution >= 0.6 is 11.6 Å². The molecule has 2 N–H and O–H groups in total. The Morgan fingerprint density at radius 2 is 2.27 bits per heavy atom. The molecule has 3 atom stereocenters. The number of cyclic esters (lactones) is 1. The maximum absolute atomic E-state index is 12.2. The van der Waals surface area contributed by atoms with E-state index in [0.717, 1.165) is 19.4 Å². The number of hydrogen-bond donors (Lipinski definition) is 2. The minimum atomic E-state index is -0.391. The van der Waals surface area contributed by atoms with E-state index in [0.29, 0.717) is 23.4 Å². The molecule has 22 heavy (non-hydrogen) atoms. The molecule has 2 aliphatic heterocycles. The van der Waals surface area contributed by atoms with Gasteiger partial charge in [0.1, 0.15) is 12.6 Å². The highest BCUT2D eigenvalue weighted by atomic mass is 35.5. The van der Waals surface area contributed by atoms with Gasteiger partial charge < -0.3 is 15.0 Å². The topological polar surface area (TPSA) is 59.8 Å². The normalized spacial score (nSPS) is 27.7. The number of hydrogen-bond acceptors (Lipinski definition) is 3. The Kier molecular flexibility index (Phi) is 4.64. The first-order chi connectivity index (χ1) is 10.6. The summed E-state index contributed by atoms with van der Waals surface area (Å²) < 4.78 is 5.27. The maximum Gasteiger partial charge on any atom is 0.365 e. The third kappa shape index (κ3) is 3.42. The third-order valence-electron chi connectivity index (χ3n) is 4.45. The lowest BCUT2D eigenvalue weighted by molar-refractivity contribution is -0.951. The van der Waals surface area contributed by atoms with Crippen molar-refractivity contribution in [2.24, 2.45) is 0 Å². The van der Waals surface area contributed by atoms with Crippen LogP contribution in [0.1, 0.15) is 25.7 Å². The van der Waals surface area contributed by atoms with E-state index in [1.807, 2.05) is 0 Å². The van der Waals surface area contributed by atoms with Crippen molar-refractivity contribution in [2.75, 3.05) is 18.5 Å². The molecule has 0 bridgehead atoms. The number of benzene rings is 1. The summed E-state index contributed by atoms with van der Waals surface area (Å²) in [7, 11) is 0. The molecule has 0 aliphatic carbocycles. The zero-order valence-electron chi connectivity index (χ0n) is 12.3. The molecule has 0 saturated carbocycles. The molecule has 0 aromatic heterocycles. The average Bonchev–Trinajstić information content (AvgIpc) is 2.50. The lowest BCUT2D eigenvalue weighted by Crippen LogP contribution is -3.22. The summed E-state index contributed by atoms with van der Waals surface area (Å²) in [6.07, 6.45) is 3.49. The van der Waals surface area contributed by atoms with Gasteiger partial charge in [-0.15, -0.1) is 0 Å². The average molecular weight is 324 g/mol. The van der Waals surface area contributed by atoms with Gasteiger partial charge in [0.15, 0.2) is 6.04 Å². The lowest BCUT2D eigenvalue weighted by atomic mass is 9.97. The van der Waals surface area contributed by atoms with Crippen LogP contribution in [0.4, 0.5) is 5.69 Å². The number of morpholine rings is 1. The number of carbonyl (C=O) groups is 2.